The van der Waals surface area contributed by atoms with E-state index in [9.17, 15) is 19.2 Å². The number of unbranched alkanes of at least 4 members (excludes halogenated alkanes) is 5. The molecule has 8 heteroatoms. The van der Waals surface area contributed by atoms with Gasteiger partial charge in [0, 0.05) is 24.0 Å². The van der Waals surface area contributed by atoms with Crippen molar-refractivity contribution in [2.75, 3.05) is 0 Å². The molecule has 0 unspecified atom stereocenters. The molecule has 0 radical (unpaired) electrons. The zero-order valence-electron chi connectivity index (χ0n) is 15.5. The fourth-order valence-corrected chi connectivity index (χ4v) is 1.26. The van der Waals surface area contributed by atoms with Gasteiger partial charge >= 0.3 is 23.9 Å². The number of hydrogen-bond acceptors (Lipinski definition) is 4. The third kappa shape index (κ3) is 33.1. The molecule has 0 aliphatic heterocycles. The molecule has 0 amide bonds. The van der Waals surface area contributed by atoms with E-state index in [0.29, 0.717) is 0 Å². The summed E-state index contributed by atoms with van der Waals surface area (Å²) >= 11 is 0. The average Bonchev–Trinajstić information content (AvgIpc) is 2.50. The number of hydrogen-bond donors (Lipinski definition) is 4. The Morgan fingerprint density at radius 1 is 0.577 bits per heavy atom. The lowest BCUT2D eigenvalue weighted by molar-refractivity contribution is -0.138. The normalized spacial score (nSPS) is 8.85. The molecule has 0 bridgehead atoms. The van der Waals surface area contributed by atoms with Crippen molar-refractivity contribution in [3.8, 4) is 0 Å². The summed E-state index contributed by atoms with van der Waals surface area (Å²) in [5.41, 5.74) is 0.352. The van der Waals surface area contributed by atoms with Gasteiger partial charge in [-0.2, -0.15) is 0 Å². The topological polar surface area (TPSA) is 149 Å². The average molecular weight is 374 g/mol. The standard InChI is InChI=1S/C10H18O4.2C4H6O2/c11-9(12)7-5-3-1-2-4-6-8-10(13)14;2*1-3(2)4(5)6/h1-8H2,(H,11,12)(H,13,14);2*1H2,2H3,(H,5,6). The summed E-state index contributed by atoms with van der Waals surface area (Å²) in [7, 11) is 0. The lowest BCUT2D eigenvalue weighted by Crippen LogP contribution is -1.94. The molecule has 0 aromatic heterocycles. The first kappa shape index (κ1) is 28.2. The van der Waals surface area contributed by atoms with E-state index < -0.39 is 23.9 Å². The summed E-state index contributed by atoms with van der Waals surface area (Å²) in [6, 6.07) is 0. The van der Waals surface area contributed by atoms with Gasteiger partial charge < -0.3 is 20.4 Å². The van der Waals surface area contributed by atoms with Crippen LogP contribution in [-0.2, 0) is 19.2 Å². The molecule has 4 N–H and O–H groups in total. The predicted octanol–water partition coefficient (Wildman–Crippen LogP) is 3.57. The lowest BCUT2D eigenvalue weighted by atomic mass is 10.1. The highest BCUT2D eigenvalue weighted by Crippen LogP contribution is 2.08. The molecule has 8 nitrogen and oxygen atoms in total. The minimum atomic E-state index is -0.935. The first-order valence-corrected chi connectivity index (χ1v) is 8.13. The van der Waals surface area contributed by atoms with Gasteiger partial charge in [-0.05, 0) is 26.7 Å². The van der Waals surface area contributed by atoms with E-state index in [4.69, 9.17) is 20.4 Å². The second kappa shape index (κ2) is 18.7. The Hall–Kier alpha value is -2.64. The van der Waals surface area contributed by atoms with E-state index >= 15 is 0 Å². The van der Waals surface area contributed by atoms with Gasteiger partial charge in [0.1, 0.15) is 0 Å². The Balaban J connectivity index is -0.000000364. The van der Waals surface area contributed by atoms with Crippen molar-refractivity contribution in [2.24, 2.45) is 0 Å². The molecule has 0 aromatic rings. The highest BCUT2D eigenvalue weighted by molar-refractivity contribution is 5.85. The van der Waals surface area contributed by atoms with E-state index in [1.54, 1.807) is 0 Å². The van der Waals surface area contributed by atoms with Gasteiger partial charge in [-0.1, -0.05) is 38.8 Å². The van der Waals surface area contributed by atoms with Crippen molar-refractivity contribution >= 4 is 23.9 Å². The van der Waals surface area contributed by atoms with Crippen LogP contribution in [0.4, 0.5) is 0 Å². The molecule has 0 atom stereocenters. The molecule has 0 aliphatic rings. The van der Waals surface area contributed by atoms with Crippen LogP contribution in [0.5, 0.6) is 0 Å². The Morgan fingerprint density at radius 2 is 0.769 bits per heavy atom. The zero-order chi connectivity index (χ0) is 21.1. The van der Waals surface area contributed by atoms with Crippen LogP contribution in [0.2, 0.25) is 0 Å². The Labute approximate surface area is 153 Å². The SMILES string of the molecule is C=C(C)C(=O)O.C=C(C)C(=O)O.O=C(O)CCCCCCCCC(=O)O. The smallest absolute Gasteiger partial charge is 0.330 e. The van der Waals surface area contributed by atoms with Crippen molar-refractivity contribution in [3.05, 3.63) is 24.3 Å². The third-order valence-electron chi connectivity index (χ3n) is 2.76. The molecule has 26 heavy (non-hydrogen) atoms. The zero-order valence-corrected chi connectivity index (χ0v) is 15.5. The quantitative estimate of drug-likeness (QED) is 0.317. The van der Waals surface area contributed by atoms with Crippen LogP contribution >= 0.6 is 0 Å². The van der Waals surface area contributed by atoms with Gasteiger partial charge in [-0.15, -0.1) is 0 Å². The Morgan fingerprint density at radius 3 is 0.923 bits per heavy atom. The minimum absolute atomic E-state index is 0.176. The number of aliphatic carboxylic acids is 4. The third-order valence-corrected chi connectivity index (χ3v) is 2.76. The Bertz CT molecular complexity index is 412. The molecule has 0 saturated heterocycles. The van der Waals surface area contributed by atoms with Crippen LogP contribution in [0.1, 0.15) is 65.2 Å². The van der Waals surface area contributed by atoms with Gasteiger partial charge in [-0.25, -0.2) is 9.59 Å². The molecule has 0 saturated carbocycles. The maximum Gasteiger partial charge on any atom is 0.330 e. The molecular formula is C18H30O8. The summed E-state index contributed by atoms with van der Waals surface area (Å²) in [5.74, 6) is -3.35. The second-order valence-electron chi connectivity index (χ2n) is 5.58. The highest BCUT2D eigenvalue weighted by atomic mass is 16.4. The largest absolute Gasteiger partial charge is 0.481 e. The second-order valence-corrected chi connectivity index (χ2v) is 5.58. The lowest BCUT2D eigenvalue weighted by Gasteiger charge is -1.98. The summed E-state index contributed by atoms with van der Waals surface area (Å²) in [4.78, 5) is 39.5. The van der Waals surface area contributed by atoms with Crippen molar-refractivity contribution in [1.82, 2.24) is 0 Å². The van der Waals surface area contributed by atoms with E-state index in [1.165, 1.54) is 13.8 Å². The number of carbonyl (C=O) groups is 4. The molecule has 0 rings (SSSR count). The summed E-state index contributed by atoms with van der Waals surface area (Å²) in [6.07, 6.45) is 5.82. The van der Waals surface area contributed by atoms with Crippen molar-refractivity contribution in [3.63, 3.8) is 0 Å². The van der Waals surface area contributed by atoms with Crippen LogP contribution in [0.15, 0.2) is 24.3 Å². The van der Waals surface area contributed by atoms with E-state index in [0.717, 1.165) is 38.5 Å². The molecule has 0 aromatic carbocycles. The molecule has 0 heterocycles. The van der Waals surface area contributed by atoms with Gasteiger partial charge in [0.05, 0.1) is 0 Å². The first-order chi connectivity index (χ1) is 11.9. The van der Waals surface area contributed by atoms with E-state index in [1.807, 2.05) is 0 Å². The predicted molar refractivity (Wildman–Crippen MR) is 97.1 cm³/mol. The van der Waals surface area contributed by atoms with Crippen LogP contribution < -0.4 is 0 Å². The van der Waals surface area contributed by atoms with Gasteiger partial charge in [0.15, 0.2) is 0 Å². The van der Waals surface area contributed by atoms with E-state index in [2.05, 4.69) is 13.2 Å². The van der Waals surface area contributed by atoms with Gasteiger partial charge in [0.2, 0.25) is 0 Å². The number of rotatable bonds is 11. The van der Waals surface area contributed by atoms with Crippen LogP contribution in [-0.4, -0.2) is 44.3 Å². The van der Waals surface area contributed by atoms with Crippen molar-refractivity contribution < 1.29 is 39.6 Å². The first-order valence-electron chi connectivity index (χ1n) is 8.13. The molecular weight excluding hydrogens is 344 g/mol. The van der Waals surface area contributed by atoms with Crippen molar-refractivity contribution in [1.29, 1.82) is 0 Å². The van der Waals surface area contributed by atoms with Crippen LogP contribution in [0.25, 0.3) is 0 Å². The number of carboxylic acid groups (broad SMARTS) is 4. The Kier molecular flexibility index (Phi) is 20.3. The monoisotopic (exact) mass is 374 g/mol. The fourth-order valence-electron chi connectivity index (χ4n) is 1.26. The summed E-state index contributed by atoms with van der Waals surface area (Å²) in [5, 5.41) is 32.5. The summed E-state index contributed by atoms with van der Waals surface area (Å²) in [6.45, 7) is 9.20. The van der Waals surface area contributed by atoms with Gasteiger partial charge in [0.25, 0.3) is 0 Å². The molecule has 0 aliphatic carbocycles. The highest BCUT2D eigenvalue weighted by Gasteiger charge is 1.98. The van der Waals surface area contributed by atoms with E-state index in [-0.39, 0.29) is 24.0 Å². The molecule has 150 valence electrons. The summed E-state index contributed by atoms with van der Waals surface area (Å²) < 4.78 is 0. The maximum absolute atomic E-state index is 10.1. The minimum Gasteiger partial charge on any atom is -0.481 e. The van der Waals surface area contributed by atoms with Crippen LogP contribution in [0, 0.1) is 0 Å². The van der Waals surface area contributed by atoms with Crippen LogP contribution in [0.3, 0.4) is 0 Å². The molecule has 0 spiro atoms. The molecule has 0 fully saturated rings. The van der Waals surface area contributed by atoms with Crippen molar-refractivity contribution in [2.45, 2.75) is 65.2 Å². The van der Waals surface area contributed by atoms with Gasteiger partial charge in [-0.3, -0.25) is 9.59 Å². The maximum atomic E-state index is 10.1. The fraction of sp³-hybridized carbons (Fsp3) is 0.556. The number of carboxylic acids is 4.